The van der Waals surface area contributed by atoms with Crippen molar-refractivity contribution in [3.05, 3.63) is 71.3 Å². The summed E-state index contributed by atoms with van der Waals surface area (Å²) in [5, 5.41) is 9.05. The van der Waals surface area contributed by atoms with E-state index in [9.17, 15) is 4.79 Å². The molecule has 0 unspecified atom stereocenters. The zero-order valence-electron chi connectivity index (χ0n) is 10.5. The van der Waals surface area contributed by atoms with E-state index in [1.165, 1.54) is 5.56 Å². The monoisotopic (exact) mass is 253 g/mol. The number of nitrogens with zero attached hydrogens (tertiary/aromatic N) is 1. The predicted octanol–water partition coefficient (Wildman–Crippen LogP) is 3.20. The average Bonchev–Trinajstić information content (AvgIpc) is 2.45. The van der Waals surface area contributed by atoms with Crippen molar-refractivity contribution in [2.45, 2.75) is 13.0 Å². The molecule has 96 valence electrons. The molecule has 3 heteroatoms. The first-order valence-electron chi connectivity index (χ1n) is 6.11. The Bertz CT molecular complexity index is 576. The zero-order valence-corrected chi connectivity index (χ0v) is 10.5. The van der Waals surface area contributed by atoms with Crippen LogP contribution in [0.3, 0.4) is 0 Å². The Kier molecular flexibility index (Phi) is 4.45. The van der Waals surface area contributed by atoms with E-state index in [4.69, 9.17) is 5.11 Å². The molecule has 2 aromatic carbocycles. The molecule has 2 aromatic rings. The van der Waals surface area contributed by atoms with E-state index in [-0.39, 0.29) is 0 Å². The summed E-state index contributed by atoms with van der Waals surface area (Å²) in [6, 6.07) is 17.0. The lowest BCUT2D eigenvalue weighted by atomic mass is 10.1. The second-order valence-corrected chi connectivity index (χ2v) is 4.18. The molecule has 0 amide bonds. The minimum atomic E-state index is -0.908. The lowest BCUT2D eigenvalue weighted by Gasteiger charge is -2.02. The maximum atomic E-state index is 11.0. The second-order valence-electron chi connectivity index (χ2n) is 4.18. The fraction of sp³-hybridized carbons (Fsp3) is 0.125. The summed E-state index contributed by atoms with van der Waals surface area (Å²) in [7, 11) is 0. The van der Waals surface area contributed by atoms with Gasteiger partial charge in [0.05, 0.1) is 12.1 Å². The summed E-state index contributed by atoms with van der Waals surface area (Å²) in [5.74, 6) is -0.908. The molecule has 0 bridgehead atoms. The lowest BCUT2D eigenvalue weighted by Crippen LogP contribution is -2.01. The van der Waals surface area contributed by atoms with Gasteiger partial charge in [-0.05, 0) is 17.2 Å². The summed E-state index contributed by atoms with van der Waals surface area (Å²) in [4.78, 5) is 15.3. The minimum absolute atomic E-state index is 0.319. The predicted molar refractivity (Wildman–Crippen MR) is 75.7 cm³/mol. The Morgan fingerprint density at radius 2 is 1.74 bits per heavy atom. The number of aromatic carboxylic acids is 1. The van der Waals surface area contributed by atoms with Crippen LogP contribution in [0.15, 0.2) is 59.6 Å². The van der Waals surface area contributed by atoms with Crippen LogP contribution in [0.2, 0.25) is 0 Å². The zero-order chi connectivity index (χ0) is 13.5. The van der Waals surface area contributed by atoms with Gasteiger partial charge in [-0.2, -0.15) is 0 Å². The van der Waals surface area contributed by atoms with Crippen molar-refractivity contribution in [1.82, 2.24) is 0 Å². The van der Waals surface area contributed by atoms with Crippen LogP contribution in [-0.2, 0) is 13.0 Å². The molecule has 0 saturated carbocycles. The fourth-order valence-electron chi connectivity index (χ4n) is 1.81. The van der Waals surface area contributed by atoms with Crippen LogP contribution in [0.5, 0.6) is 0 Å². The quantitative estimate of drug-likeness (QED) is 0.832. The van der Waals surface area contributed by atoms with Crippen LogP contribution in [-0.4, -0.2) is 17.3 Å². The number of rotatable bonds is 5. The smallest absolute Gasteiger partial charge is 0.336 e. The van der Waals surface area contributed by atoms with Gasteiger partial charge >= 0.3 is 5.97 Å². The standard InChI is InChI=1S/C16H15NO2/c18-16(19)15-9-5-4-8-14(15)12-17-11-10-13-6-2-1-3-7-13/h1-9,11H,10,12H2,(H,18,19). The fourth-order valence-corrected chi connectivity index (χ4v) is 1.81. The summed E-state index contributed by atoms with van der Waals surface area (Å²) < 4.78 is 0. The normalized spacial score (nSPS) is 10.7. The number of hydrogen-bond acceptors (Lipinski definition) is 2. The van der Waals surface area contributed by atoms with E-state index < -0.39 is 5.97 Å². The van der Waals surface area contributed by atoms with E-state index in [2.05, 4.69) is 4.99 Å². The molecule has 2 rings (SSSR count). The van der Waals surface area contributed by atoms with Crippen LogP contribution >= 0.6 is 0 Å². The highest BCUT2D eigenvalue weighted by atomic mass is 16.4. The van der Waals surface area contributed by atoms with Crippen molar-refractivity contribution in [2.24, 2.45) is 4.99 Å². The van der Waals surface area contributed by atoms with Crippen molar-refractivity contribution in [3.8, 4) is 0 Å². The first-order valence-corrected chi connectivity index (χ1v) is 6.11. The van der Waals surface area contributed by atoms with Crippen LogP contribution in [0.25, 0.3) is 0 Å². The maximum absolute atomic E-state index is 11.0. The van der Waals surface area contributed by atoms with Crippen LogP contribution in [0.1, 0.15) is 21.5 Å². The van der Waals surface area contributed by atoms with E-state index in [0.717, 1.165) is 12.0 Å². The highest BCUT2D eigenvalue weighted by molar-refractivity contribution is 5.89. The number of benzene rings is 2. The highest BCUT2D eigenvalue weighted by Gasteiger charge is 2.07. The Hall–Kier alpha value is -2.42. The van der Waals surface area contributed by atoms with Gasteiger partial charge in [-0.3, -0.25) is 4.99 Å². The van der Waals surface area contributed by atoms with Crippen molar-refractivity contribution < 1.29 is 9.90 Å². The molecule has 3 nitrogen and oxygen atoms in total. The maximum Gasteiger partial charge on any atom is 0.336 e. The summed E-state index contributed by atoms with van der Waals surface area (Å²) in [6.07, 6.45) is 2.59. The van der Waals surface area contributed by atoms with E-state index in [1.807, 2.05) is 42.6 Å². The molecule has 19 heavy (non-hydrogen) atoms. The first kappa shape index (κ1) is 13.0. The van der Waals surface area contributed by atoms with Crippen molar-refractivity contribution in [2.75, 3.05) is 0 Å². The minimum Gasteiger partial charge on any atom is -0.478 e. The molecule has 0 fully saturated rings. The molecule has 0 radical (unpaired) electrons. The molecule has 0 saturated heterocycles. The van der Waals surface area contributed by atoms with Gasteiger partial charge in [-0.25, -0.2) is 4.79 Å². The third-order valence-electron chi connectivity index (χ3n) is 2.81. The molecule has 0 heterocycles. The lowest BCUT2D eigenvalue weighted by molar-refractivity contribution is 0.0695. The molecular formula is C16H15NO2. The Morgan fingerprint density at radius 1 is 1.05 bits per heavy atom. The number of aliphatic imine (C=N–C) groups is 1. The topological polar surface area (TPSA) is 49.7 Å². The second kappa shape index (κ2) is 6.50. The van der Waals surface area contributed by atoms with E-state index >= 15 is 0 Å². The van der Waals surface area contributed by atoms with Gasteiger partial charge in [0.1, 0.15) is 0 Å². The Morgan fingerprint density at radius 3 is 2.47 bits per heavy atom. The van der Waals surface area contributed by atoms with E-state index in [1.54, 1.807) is 18.2 Å². The van der Waals surface area contributed by atoms with Crippen LogP contribution in [0.4, 0.5) is 0 Å². The third kappa shape index (κ3) is 3.78. The van der Waals surface area contributed by atoms with Crippen molar-refractivity contribution in [1.29, 1.82) is 0 Å². The SMILES string of the molecule is O=C(O)c1ccccc1CN=CCc1ccccc1. The summed E-state index contributed by atoms with van der Waals surface area (Å²) >= 11 is 0. The molecule has 1 N–H and O–H groups in total. The van der Waals surface area contributed by atoms with Gasteiger partial charge in [0, 0.05) is 12.6 Å². The molecule has 0 aliphatic rings. The van der Waals surface area contributed by atoms with Crippen molar-refractivity contribution >= 4 is 12.2 Å². The average molecular weight is 253 g/mol. The highest BCUT2D eigenvalue weighted by Crippen LogP contribution is 2.09. The summed E-state index contributed by atoms with van der Waals surface area (Å²) in [5.41, 5.74) is 2.25. The number of carboxylic acids is 1. The molecular weight excluding hydrogens is 238 g/mol. The van der Waals surface area contributed by atoms with Crippen LogP contribution in [0, 0.1) is 0 Å². The molecule has 0 aromatic heterocycles. The third-order valence-corrected chi connectivity index (χ3v) is 2.81. The van der Waals surface area contributed by atoms with Gasteiger partial charge in [0.25, 0.3) is 0 Å². The number of carboxylic acid groups (broad SMARTS) is 1. The number of carbonyl (C=O) groups is 1. The van der Waals surface area contributed by atoms with Gasteiger partial charge < -0.3 is 5.11 Å². The van der Waals surface area contributed by atoms with Crippen molar-refractivity contribution in [3.63, 3.8) is 0 Å². The largest absolute Gasteiger partial charge is 0.478 e. The van der Waals surface area contributed by atoms with Gasteiger partial charge in [-0.15, -0.1) is 0 Å². The Labute approximate surface area is 112 Å². The molecule has 0 aliphatic carbocycles. The van der Waals surface area contributed by atoms with E-state index in [0.29, 0.717) is 12.1 Å². The molecule has 0 aliphatic heterocycles. The first-order chi connectivity index (χ1) is 9.27. The van der Waals surface area contributed by atoms with Gasteiger partial charge in [0.2, 0.25) is 0 Å². The van der Waals surface area contributed by atoms with Crippen LogP contribution < -0.4 is 0 Å². The van der Waals surface area contributed by atoms with Gasteiger partial charge in [0.15, 0.2) is 0 Å². The molecule has 0 spiro atoms. The Balaban J connectivity index is 1.97. The number of hydrogen-bond donors (Lipinski definition) is 1. The molecule has 0 atom stereocenters. The van der Waals surface area contributed by atoms with Gasteiger partial charge in [-0.1, -0.05) is 48.5 Å². The summed E-state index contributed by atoms with van der Waals surface area (Å²) in [6.45, 7) is 0.398.